The zero-order chi connectivity index (χ0) is 21.9. The molecule has 0 aliphatic heterocycles. The standard InChI is InChI=1S/C23H31N3O3S/c1-16(27)26-21(11-4-5-12-24)22(28)13-19(15-30)23(29)25-14-18-9-6-8-17-7-2-3-10-20(17)18/h2-3,6-10,19,21,30H,4-5,11-15,24H2,1H3,(H,25,29)(H,26,27)/t19?,21-/m0/s1. The maximum atomic E-state index is 12.7. The summed E-state index contributed by atoms with van der Waals surface area (Å²) in [6, 6.07) is 13.4. The lowest BCUT2D eigenvalue weighted by Gasteiger charge is -2.20. The number of fused-ring (bicyclic) bond motifs is 1. The summed E-state index contributed by atoms with van der Waals surface area (Å²) in [6.45, 7) is 2.30. The molecule has 0 saturated carbocycles. The largest absolute Gasteiger partial charge is 0.352 e. The zero-order valence-corrected chi connectivity index (χ0v) is 18.3. The average Bonchev–Trinajstić information content (AvgIpc) is 2.74. The summed E-state index contributed by atoms with van der Waals surface area (Å²) in [5.74, 6) is -0.926. The highest BCUT2D eigenvalue weighted by molar-refractivity contribution is 7.80. The van der Waals surface area contributed by atoms with Crippen LogP contribution in [0.15, 0.2) is 42.5 Å². The second-order valence-corrected chi connectivity index (χ2v) is 7.81. The molecule has 0 aliphatic carbocycles. The molecule has 30 heavy (non-hydrogen) atoms. The van der Waals surface area contributed by atoms with Gasteiger partial charge in [0.2, 0.25) is 11.8 Å². The first-order chi connectivity index (χ1) is 14.5. The summed E-state index contributed by atoms with van der Waals surface area (Å²) < 4.78 is 0. The fourth-order valence-corrected chi connectivity index (χ4v) is 3.75. The highest BCUT2D eigenvalue weighted by atomic mass is 32.1. The van der Waals surface area contributed by atoms with Gasteiger partial charge in [0, 0.05) is 25.6 Å². The predicted octanol–water partition coefficient (Wildman–Crippen LogP) is 2.59. The third-order valence-corrected chi connectivity index (χ3v) is 5.53. The van der Waals surface area contributed by atoms with Gasteiger partial charge in [-0.25, -0.2) is 0 Å². The lowest BCUT2D eigenvalue weighted by molar-refractivity contribution is -0.131. The second-order valence-electron chi connectivity index (χ2n) is 7.44. The van der Waals surface area contributed by atoms with Crippen molar-refractivity contribution in [2.24, 2.45) is 11.7 Å². The van der Waals surface area contributed by atoms with Gasteiger partial charge in [-0.2, -0.15) is 12.6 Å². The molecule has 0 fully saturated rings. The van der Waals surface area contributed by atoms with Gasteiger partial charge >= 0.3 is 0 Å². The molecule has 2 amide bonds. The van der Waals surface area contributed by atoms with E-state index in [4.69, 9.17) is 5.73 Å². The van der Waals surface area contributed by atoms with Crippen molar-refractivity contribution in [1.82, 2.24) is 10.6 Å². The van der Waals surface area contributed by atoms with Crippen LogP contribution in [0.1, 0.15) is 38.2 Å². The van der Waals surface area contributed by atoms with Gasteiger partial charge < -0.3 is 16.4 Å². The summed E-state index contributed by atoms with van der Waals surface area (Å²) in [6.07, 6.45) is 2.09. The van der Waals surface area contributed by atoms with Crippen LogP contribution in [0, 0.1) is 5.92 Å². The molecule has 0 bridgehead atoms. The van der Waals surface area contributed by atoms with Gasteiger partial charge in [-0.1, -0.05) is 42.5 Å². The molecular weight excluding hydrogens is 398 g/mol. The van der Waals surface area contributed by atoms with Crippen LogP contribution in [-0.4, -0.2) is 35.9 Å². The Morgan fingerprint density at radius 2 is 1.80 bits per heavy atom. The van der Waals surface area contributed by atoms with E-state index in [0.717, 1.165) is 29.2 Å². The van der Waals surface area contributed by atoms with Gasteiger partial charge in [0.1, 0.15) is 0 Å². The van der Waals surface area contributed by atoms with Gasteiger partial charge in [-0.3, -0.25) is 14.4 Å². The SMILES string of the molecule is CC(=O)N[C@@H](CCCCN)C(=O)CC(CS)C(=O)NCc1cccc2ccccc12. The third-order valence-electron chi connectivity index (χ3n) is 5.08. The third kappa shape index (κ3) is 7.15. The molecule has 1 unspecified atom stereocenters. The van der Waals surface area contributed by atoms with E-state index in [1.165, 1.54) is 6.92 Å². The first kappa shape index (κ1) is 23.9. The van der Waals surface area contributed by atoms with E-state index in [-0.39, 0.29) is 29.8 Å². The lowest BCUT2D eigenvalue weighted by Crippen LogP contribution is -2.42. The molecule has 2 rings (SSSR count). The predicted molar refractivity (Wildman–Crippen MR) is 123 cm³/mol. The number of carbonyl (C=O) groups is 3. The summed E-state index contributed by atoms with van der Waals surface area (Å²) in [5.41, 5.74) is 6.53. The highest BCUT2D eigenvalue weighted by Crippen LogP contribution is 2.19. The number of amides is 2. The van der Waals surface area contributed by atoms with Crippen LogP contribution in [0.3, 0.4) is 0 Å². The number of nitrogens with one attached hydrogen (secondary N) is 2. The van der Waals surface area contributed by atoms with Crippen molar-refractivity contribution >= 4 is 41.0 Å². The van der Waals surface area contributed by atoms with Crippen molar-refractivity contribution in [3.05, 3.63) is 48.0 Å². The fourth-order valence-electron chi connectivity index (χ4n) is 3.45. The number of thiol groups is 1. The number of ketones is 1. The van der Waals surface area contributed by atoms with Crippen LogP contribution in [0.25, 0.3) is 10.8 Å². The Labute approximate surface area is 183 Å². The number of Topliss-reactive ketones (excluding diaryl/α,β-unsaturated/α-hetero) is 1. The Bertz CT molecular complexity index is 866. The molecule has 7 heteroatoms. The molecule has 4 N–H and O–H groups in total. The van der Waals surface area contributed by atoms with E-state index in [1.54, 1.807) is 0 Å². The summed E-state index contributed by atoms with van der Waals surface area (Å²) in [7, 11) is 0. The van der Waals surface area contributed by atoms with Crippen LogP contribution in [-0.2, 0) is 20.9 Å². The minimum atomic E-state index is -0.595. The fraction of sp³-hybridized carbons (Fsp3) is 0.435. The maximum Gasteiger partial charge on any atom is 0.224 e. The van der Waals surface area contributed by atoms with Gasteiger partial charge in [0.15, 0.2) is 5.78 Å². The van der Waals surface area contributed by atoms with Crippen molar-refractivity contribution < 1.29 is 14.4 Å². The summed E-state index contributed by atoms with van der Waals surface area (Å²) in [4.78, 5) is 36.9. The van der Waals surface area contributed by atoms with Crippen LogP contribution in [0.5, 0.6) is 0 Å². The van der Waals surface area contributed by atoms with Crippen LogP contribution >= 0.6 is 12.6 Å². The molecule has 0 spiro atoms. The van der Waals surface area contributed by atoms with E-state index in [9.17, 15) is 14.4 Å². The normalized spacial score (nSPS) is 12.9. The topological polar surface area (TPSA) is 101 Å². The van der Waals surface area contributed by atoms with Crippen LogP contribution in [0.2, 0.25) is 0 Å². The Morgan fingerprint density at radius 1 is 1.07 bits per heavy atom. The Balaban J connectivity index is 1.98. The molecule has 0 saturated heterocycles. The summed E-state index contributed by atoms with van der Waals surface area (Å²) in [5, 5.41) is 7.83. The quantitative estimate of drug-likeness (QED) is 0.308. The molecule has 2 aromatic carbocycles. The molecule has 2 atom stereocenters. The minimum absolute atomic E-state index is 0.0401. The maximum absolute atomic E-state index is 12.7. The molecule has 0 aromatic heterocycles. The van der Waals surface area contributed by atoms with E-state index in [2.05, 4.69) is 23.3 Å². The number of hydrogen-bond acceptors (Lipinski definition) is 5. The van der Waals surface area contributed by atoms with Crippen LogP contribution in [0.4, 0.5) is 0 Å². The first-order valence-electron chi connectivity index (χ1n) is 10.3. The molecule has 2 aromatic rings. The number of rotatable bonds is 12. The molecule has 0 aliphatic rings. The van der Waals surface area contributed by atoms with Gasteiger partial charge in [-0.15, -0.1) is 0 Å². The van der Waals surface area contributed by atoms with Crippen LogP contribution < -0.4 is 16.4 Å². The van der Waals surface area contributed by atoms with Crippen molar-refractivity contribution in [2.45, 2.75) is 45.2 Å². The monoisotopic (exact) mass is 429 g/mol. The number of hydrogen-bond donors (Lipinski definition) is 4. The molecule has 0 heterocycles. The van der Waals surface area contributed by atoms with E-state index in [0.29, 0.717) is 19.5 Å². The smallest absolute Gasteiger partial charge is 0.224 e. The van der Waals surface area contributed by atoms with Gasteiger partial charge in [0.05, 0.1) is 12.0 Å². The zero-order valence-electron chi connectivity index (χ0n) is 17.4. The number of unbranched alkanes of at least 4 members (excludes halogenated alkanes) is 1. The number of benzene rings is 2. The van der Waals surface area contributed by atoms with Crippen molar-refractivity contribution in [3.63, 3.8) is 0 Å². The van der Waals surface area contributed by atoms with E-state index in [1.807, 2.05) is 42.5 Å². The van der Waals surface area contributed by atoms with E-state index >= 15 is 0 Å². The van der Waals surface area contributed by atoms with Crippen molar-refractivity contribution in [3.8, 4) is 0 Å². The van der Waals surface area contributed by atoms with Crippen molar-refractivity contribution in [1.29, 1.82) is 0 Å². The van der Waals surface area contributed by atoms with E-state index < -0.39 is 12.0 Å². The second kappa shape index (κ2) is 12.3. The Morgan fingerprint density at radius 3 is 2.50 bits per heavy atom. The van der Waals surface area contributed by atoms with Crippen molar-refractivity contribution in [2.75, 3.05) is 12.3 Å². The first-order valence-corrected chi connectivity index (χ1v) is 10.9. The molecule has 6 nitrogen and oxygen atoms in total. The molecular formula is C23H31N3O3S. The average molecular weight is 430 g/mol. The molecule has 162 valence electrons. The Kier molecular flexibility index (Phi) is 9.83. The Hall–Kier alpha value is -2.38. The molecule has 0 radical (unpaired) electrons. The number of carbonyl (C=O) groups excluding carboxylic acids is 3. The lowest BCUT2D eigenvalue weighted by atomic mass is 9.95. The van der Waals surface area contributed by atoms with Gasteiger partial charge in [-0.05, 0) is 42.1 Å². The minimum Gasteiger partial charge on any atom is -0.352 e. The van der Waals surface area contributed by atoms with Gasteiger partial charge in [0.25, 0.3) is 0 Å². The number of nitrogens with two attached hydrogens (primary N) is 1. The highest BCUT2D eigenvalue weighted by Gasteiger charge is 2.26. The summed E-state index contributed by atoms with van der Waals surface area (Å²) >= 11 is 4.28.